The van der Waals surface area contributed by atoms with Crippen molar-refractivity contribution in [1.82, 2.24) is 0 Å². The molecule has 0 aliphatic heterocycles. The number of hydrogen-bond donors (Lipinski definition) is 2. The minimum Gasteiger partial charge on any atom is -0.495 e. The number of benzene rings is 2. The minimum absolute atomic E-state index is 0.474. The molecule has 0 bridgehead atoms. The van der Waals surface area contributed by atoms with Crippen LogP contribution in [0.4, 0.5) is 16.2 Å². The van der Waals surface area contributed by atoms with Crippen LogP contribution in [0.25, 0.3) is 0 Å². The highest BCUT2D eigenvalue weighted by molar-refractivity contribution is 5.87. The van der Waals surface area contributed by atoms with E-state index in [1.165, 1.54) is 7.11 Å². The van der Waals surface area contributed by atoms with E-state index in [1.54, 1.807) is 42.5 Å². The van der Waals surface area contributed by atoms with Gasteiger partial charge in [-0.3, -0.25) is 5.32 Å². The molecule has 0 aliphatic rings. The standard InChI is InChI=1S/C14H14N2O3/c1-18-13-9-10(7-8-12(13)15)16-14(17)19-11-5-3-2-4-6-11/h2-9H,15H2,1H3,(H,16,17). The largest absolute Gasteiger partial charge is 0.495 e. The summed E-state index contributed by atoms with van der Waals surface area (Å²) in [7, 11) is 1.51. The number of hydrogen-bond acceptors (Lipinski definition) is 4. The van der Waals surface area contributed by atoms with E-state index in [4.69, 9.17) is 15.2 Å². The van der Waals surface area contributed by atoms with Crippen molar-refractivity contribution in [2.45, 2.75) is 0 Å². The number of methoxy groups -OCH3 is 1. The lowest BCUT2D eigenvalue weighted by Crippen LogP contribution is -2.16. The monoisotopic (exact) mass is 258 g/mol. The number of rotatable bonds is 3. The highest BCUT2D eigenvalue weighted by Gasteiger charge is 2.07. The minimum atomic E-state index is -0.571. The molecule has 0 aromatic heterocycles. The maximum atomic E-state index is 11.7. The highest BCUT2D eigenvalue weighted by atomic mass is 16.6. The molecule has 0 unspecified atom stereocenters. The van der Waals surface area contributed by atoms with Crippen LogP contribution < -0.4 is 20.5 Å². The molecule has 19 heavy (non-hydrogen) atoms. The Morgan fingerprint density at radius 1 is 1.16 bits per heavy atom. The summed E-state index contributed by atoms with van der Waals surface area (Å²) in [5.74, 6) is 0.972. The van der Waals surface area contributed by atoms with E-state index in [9.17, 15) is 4.79 Å². The fraction of sp³-hybridized carbons (Fsp3) is 0.0714. The molecular weight excluding hydrogens is 244 g/mol. The number of carbonyl (C=O) groups excluding carboxylic acids is 1. The van der Waals surface area contributed by atoms with Gasteiger partial charge in [-0.05, 0) is 24.3 Å². The quantitative estimate of drug-likeness (QED) is 0.830. The summed E-state index contributed by atoms with van der Waals surface area (Å²) in [6, 6.07) is 13.8. The Balaban J connectivity index is 2.03. The molecule has 0 saturated heterocycles. The Bertz CT molecular complexity index is 570. The third-order valence-electron chi connectivity index (χ3n) is 2.43. The van der Waals surface area contributed by atoms with E-state index >= 15 is 0 Å². The van der Waals surface area contributed by atoms with Crippen LogP contribution in [0, 0.1) is 0 Å². The summed E-state index contributed by atoms with van der Waals surface area (Å²) < 4.78 is 10.2. The Morgan fingerprint density at radius 2 is 1.89 bits per heavy atom. The molecule has 0 heterocycles. The molecule has 2 aromatic rings. The van der Waals surface area contributed by atoms with Crippen LogP contribution in [0.1, 0.15) is 0 Å². The molecule has 98 valence electrons. The SMILES string of the molecule is COc1cc(NC(=O)Oc2ccccc2)ccc1N. The molecule has 3 N–H and O–H groups in total. The van der Waals surface area contributed by atoms with Crippen LogP contribution >= 0.6 is 0 Å². The lowest BCUT2D eigenvalue weighted by Gasteiger charge is -2.09. The average molecular weight is 258 g/mol. The van der Waals surface area contributed by atoms with Gasteiger partial charge in [0.2, 0.25) is 0 Å². The van der Waals surface area contributed by atoms with Gasteiger partial charge in [0.05, 0.1) is 12.8 Å². The van der Waals surface area contributed by atoms with Gasteiger partial charge in [-0.1, -0.05) is 18.2 Å². The van der Waals surface area contributed by atoms with Gasteiger partial charge < -0.3 is 15.2 Å². The first-order valence-corrected chi connectivity index (χ1v) is 5.66. The zero-order valence-corrected chi connectivity index (χ0v) is 10.4. The second-order valence-electron chi connectivity index (χ2n) is 3.78. The number of nitrogen functional groups attached to an aromatic ring is 1. The van der Waals surface area contributed by atoms with Crippen LogP contribution in [-0.4, -0.2) is 13.2 Å². The van der Waals surface area contributed by atoms with Crippen LogP contribution in [0.5, 0.6) is 11.5 Å². The molecule has 5 nitrogen and oxygen atoms in total. The molecule has 2 aromatic carbocycles. The summed E-state index contributed by atoms with van der Waals surface area (Å²) in [5, 5.41) is 2.60. The Morgan fingerprint density at radius 3 is 2.58 bits per heavy atom. The molecule has 0 radical (unpaired) electrons. The molecule has 0 spiro atoms. The average Bonchev–Trinajstić information content (AvgIpc) is 2.42. The smallest absolute Gasteiger partial charge is 0.417 e. The Kier molecular flexibility index (Phi) is 3.87. The molecule has 2 rings (SSSR count). The van der Waals surface area contributed by atoms with E-state index in [2.05, 4.69) is 5.32 Å². The number of amides is 1. The predicted octanol–water partition coefficient (Wildman–Crippen LogP) is 2.89. The first-order chi connectivity index (χ1) is 9.19. The number of nitrogens with two attached hydrogens (primary N) is 1. The van der Waals surface area contributed by atoms with Gasteiger partial charge in [-0.25, -0.2) is 4.79 Å². The maximum Gasteiger partial charge on any atom is 0.417 e. The molecule has 0 fully saturated rings. The molecule has 0 aliphatic carbocycles. The van der Waals surface area contributed by atoms with Gasteiger partial charge >= 0.3 is 6.09 Å². The summed E-state index contributed by atoms with van der Waals surface area (Å²) in [6.07, 6.45) is -0.571. The number of anilines is 2. The third-order valence-corrected chi connectivity index (χ3v) is 2.43. The molecule has 5 heteroatoms. The molecule has 1 amide bonds. The van der Waals surface area contributed by atoms with Gasteiger partial charge in [0.1, 0.15) is 11.5 Å². The van der Waals surface area contributed by atoms with Crippen molar-refractivity contribution in [1.29, 1.82) is 0 Å². The van der Waals surface area contributed by atoms with Crippen LogP contribution in [0.15, 0.2) is 48.5 Å². The van der Waals surface area contributed by atoms with Crippen LogP contribution in [0.3, 0.4) is 0 Å². The van der Waals surface area contributed by atoms with E-state index in [0.717, 1.165) is 0 Å². The van der Waals surface area contributed by atoms with Crippen molar-refractivity contribution in [3.8, 4) is 11.5 Å². The van der Waals surface area contributed by atoms with Crippen molar-refractivity contribution in [3.63, 3.8) is 0 Å². The van der Waals surface area contributed by atoms with E-state index < -0.39 is 6.09 Å². The first-order valence-electron chi connectivity index (χ1n) is 5.66. The molecular formula is C14H14N2O3. The number of para-hydroxylation sites is 1. The molecule has 0 atom stereocenters. The van der Waals surface area contributed by atoms with Crippen LogP contribution in [0.2, 0.25) is 0 Å². The number of carbonyl (C=O) groups is 1. The normalized spacial score (nSPS) is 9.74. The Hall–Kier alpha value is -2.69. The van der Waals surface area contributed by atoms with Crippen molar-refractivity contribution in [2.75, 3.05) is 18.2 Å². The van der Waals surface area contributed by atoms with Crippen molar-refractivity contribution >= 4 is 17.5 Å². The van der Waals surface area contributed by atoms with Crippen LogP contribution in [-0.2, 0) is 0 Å². The lowest BCUT2D eigenvalue weighted by molar-refractivity contribution is 0.215. The van der Waals surface area contributed by atoms with Gasteiger partial charge in [0.25, 0.3) is 0 Å². The fourth-order valence-electron chi connectivity index (χ4n) is 1.53. The van der Waals surface area contributed by atoms with Crippen molar-refractivity contribution in [3.05, 3.63) is 48.5 Å². The van der Waals surface area contributed by atoms with Crippen molar-refractivity contribution < 1.29 is 14.3 Å². The maximum absolute atomic E-state index is 11.7. The van der Waals surface area contributed by atoms with Crippen molar-refractivity contribution in [2.24, 2.45) is 0 Å². The van der Waals surface area contributed by atoms with E-state index in [0.29, 0.717) is 22.9 Å². The highest BCUT2D eigenvalue weighted by Crippen LogP contribution is 2.25. The third kappa shape index (κ3) is 3.38. The van der Waals surface area contributed by atoms with Gasteiger partial charge in [0.15, 0.2) is 0 Å². The Labute approximate surface area is 110 Å². The molecule has 0 saturated carbocycles. The van der Waals surface area contributed by atoms with Gasteiger partial charge in [-0.2, -0.15) is 0 Å². The van der Waals surface area contributed by atoms with Gasteiger partial charge in [-0.15, -0.1) is 0 Å². The number of ether oxygens (including phenoxy) is 2. The summed E-state index contributed by atoms with van der Waals surface area (Å²) in [5.41, 5.74) is 6.74. The fourth-order valence-corrected chi connectivity index (χ4v) is 1.53. The first kappa shape index (κ1) is 12.8. The predicted molar refractivity (Wildman–Crippen MR) is 73.5 cm³/mol. The topological polar surface area (TPSA) is 73.6 Å². The zero-order chi connectivity index (χ0) is 13.7. The lowest BCUT2D eigenvalue weighted by atomic mass is 10.2. The van der Waals surface area contributed by atoms with E-state index in [-0.39, 0.29) is 0 Å². The second kappa shape index (κ2) is 5.77. The summed E-state index contributed by atoms with van der Waals surface area (Å²) in [4.78, 5) is 11.7. The zero-order valence-electron chi connectivity index (χ0n) is 10.4. The van der Waals surface area contributed by atoms with E-state index in [1.807, 2.05) is 6.07 Å². The number of nitrogens with one attached hydrogen (secondary N) is 1. The second-order valence-corrected chi connectivity index (χ2v) is 3.78. The summed E-state index contributed by atoms with van der Waals surface area (Å²) in [6.45, 7) is 0. The summed E-state index contributed by atoms with van der Waals surface area (Å²) >= 11 is 0. The van der Waals surface area contributed by atoms with Gasteiger partial charge in [0, 0.05) is 11.8 Å².